The molecule has 3 nitrogen and oxygen atoms in total. The summed E-state index contributed by atoms with van der Waals surface area (Å²) in [7, 11) is 0. The van der Waals surface area contributed by atoms with Crippen LogP contribution in [-0.2, 0) is 11.2 Å². The van der Waals surface area contributed by atoms with Crippen molar-refractivity contribution in [1.82, 2.24) is 5.32 Å². The van der Waals surface area contributed by atoms with E-state index in [1.807, 2.05) is 42.5 Å². The van der Waals surface area contributed by atoms with Crippen molar-refractivity contribution < 1.29 is 9.53 Å². The minimum absolute atomic E-state index is 0.0541. The zero-order valence-electron chi connectivity index (χ0n) is 13.2. The van der Waals surface area contributed by atoms with E-state index in [4.69, 9.17) is 4.74 Å². The van der Waals surface area contributed by atoms with Gasteiger partial charge in [-0.15, -0.1) is 0 Å². The minimum Gasteiger partial charge on any atom is -0.483 e. The molecule has 1 N–H and O–H groups in total. The second-order valence-corrected chi connectivity index (χ2v) is 5.57. The van der Waals surface area contributed by atoms with Crippen molar-refractivity contribution in [2.45, 2.75) is 26.2 Å². The van der Waals surface area contributed by atoms with Gasteiger partial charge in [-0.3, -0.25) is 4.79 Å². The van der Waals surface area contributed by atoms with Crippen LogP contribution in [0.2, 0.25) is 0 Å². The molecule has 1 amide bonds. The minimum atomic E-state index is -0.0884. The lowest BCUT2D eigenvalue weighted by Gasteiger charge is -2.13. The second-order valence-electron chi connectivity index (χ2n) is 5.57. The molecule has 22 heavy (non-hydrogen) atoms. The second kappa shape index (κ2) is 8.23. The smallest absolute Gasteiger partial charge is 0.257 e. The lowest BCUT2D eigenvalue weighted by molar-refractivity contribution is -0.123. The van der Waals surface area contributed by atoms with Crippen LogP contribution in [0.25, 0.3) is 0 Å². The summed E-state index contributed by atoms with van der Waals surface area (Å²) in [4.78, 5) is 11.9. The van der Waals surface area contributed by atoms with Crippen LogP contribution in [-0.4, -0.2) is 19.1 Å². The van der Waals surface area contributed by atoms with Gasteiger partial charge in [0.05, 0.1) is 0 Å². The Kier molecular flexibility index (Phi) is 6.01. The number of hydrogen-bond donors (Lipinski definition) is 1. The molecule has 0 aliphatic heterocycles. The molecule has 0 aliphatic carbocycles. The van der Waals surface area contributed by atoms with E-state index in [-0.39, 0.29) is 12.5 Å². The number of benzene rings is 2. The number of para-hydroxylation sites is 1. The maximum Gasteiger partial charge on any atom is 0.257 e. The quantitative estimate of drug-likeness (QED) is 0.849. The van der Waals surface area contributed by atoms with E-state index in [1.165, 1.54) is 5.56 Å². The number of ether oxygens (including phenoxy) is 1. The van der Waals surface area contributed by atoms with E-state index in [1.54, 1.807) is 0 Å². The number of carbonyl (C=O) groups is 1. The van der Waals surface area contributed by atoms with Gasteiger partial charge in [-0.2, -0.15) is 0 Å². The molecule has 116 valence electrons. The average Bonchev–Trinajstić information content (AvgIpc) is 2.54. The highest BCUT2D eigenvalue weighted by Crippen LogP contribution is 2.25. The predicted octanol–water partition coefficient (Wildman–Crippen LogP) is 3.55. The number of amides is 1. The molecule has 2 aromatic carbocycles. The molecule has 0 fully saturated rings. The predicted molar refractivity (Wildman–Crippen MR) is 89.2 cm³/mol. The van der Waals surface area contributed by atoms with E-state index in [9.17, 15) is 4.79 Å². The summed E-state index contributed by atoms with van der Waals surface area (Å²) >= 11 is 0. The van der Waals surface area contributed by atoms with Gasteiger partial charge in [0.2, 0.25) is 0 Å². The standard InChI is InChI=1S/C19H23NO2/c1-15(2)17-10-6-7-11-18(17)22-14-19(21)20-13-12-16-8-4-3-5-9-16/h3-11,15H,12-14H2,1-2H3,(H,20,21). The van der Waals surface area contributed by atoms with E-state index < -0.39 is 0 Å². The molecule has 0 saturated heterocycles. The van der Waals surface area contributed by atoms with Crippen molar-refractivity contribution in [3.05, 3.63) is 65.7 Å². The lowest BCUT2D eigenvalue weighted by Crippen LogP contribution is -2.30. The van der Waals surface area contributed by atoms with Crippen molar-refractivity contribution in [3.8, 4) is 5.75 Å². The summed E-state index contributed by atoms with van der Waals surface area (Å²) in [5.74, 6) is 1.07. The average molecular weight is 297 g/mol. The van der Waals surface area contributed by atoms with E-state index >= 15 is 0 Å². The Morgan fingerprint density at radius 1 is 1.05 bits per heavy atom. The summed E-state index contributed by atoms with van der Waals surface area (Å²) in [6.45, 7) is 4.90. The first-order chi connectivity index (χ1) is 10.7. The molecular weight excluding hydrogens is 274 g/mol. The highest BCUT2D eigenvalue weighted by molar-refractivity contribution is 5.77. The summed E-state index contributed by atoms with van der Waals surface area (Å²) < 4.78 is 5.65. The van der Waals surface area contributed by atoms with Crippen LogP contribution in [0.5, 0.6) is 5.75 Å². The van der Waals surface area contributed by atoms with Gasteiger partial charge in [0.25, 0.3) is 5.91 Å². The third-order valence-corrected chi connectivity index (χ3v) is 3.48. The molecule has 2 aromatic rings. The first kappa shape index (κ1) is 16.1. The molecule has 0 saturated carbocycles. The molecule has 0 aliphatic rings. The molecule has 0 heterocycles. The van der Waals surface area contributed by atoms with Crippen LogP contribution < -0.4 is 10.1 Å². The fourth-order valence-corrected chi connectivity index (χ4v) is 2.27. The van der Waals surface area contributed by atoms with Gasteiger partial charge < -0.3 is 10.1 Å². The number of rotatable bonds is 7. The summed E-state index contributed by atoms with van der Waals surface area (Å²) in [5, 5.41) is 2.89. The monoisotopic (exact) mass is 297 g/mol. The maximum absolute atomic E-state index is 11.9. The molecule has 0 aromatic heterocycles. The van der Waals surface area contributed by atoms with E-state index in [2.05, 4.69) is 31.3 Å². The van der Waals surface area contributed by atoms with Gasteiger partial charge in [-0.05, 0) is 29.5 Å². The van der Waals surface area contributed by atoms with Gasteiger partial charge in [0.1, 0.15) is 5.75 Å². The Morgan fingerprint density at radius 2 is 1.73 bits per heavy atom. The molecule has 0 bridgehead atoms. The van der Waals surface area contributed by atoms with Crippen LogP contribution in [0.4, 0.5) is 0 Å². The van der Waals surface area contributed by atoms with Gasteiger partial charge in [0.15, 0.2) is 6.61 Å². The fourth-order valence-electron chi connectivity index (χ4n) is 2.27. The molecule has 3 heteroatoms. The number of hydrogen-bond acceptors (Lipinski definition) is 2. The number of nitrogens with one attached hydrogen (secondary N) is 1. The zero-order valence-corrected chi connectivity index (χ0v) is 13.2. The number of carbonyl (C=O) groups excluding carboxylic acids is 1. The molecular formula is C19H23NO2. The van der Waals surface area contributed by atoms with Crippen molar-refractivity contribution in [3.63, 3.8) is 0 Å². The first-order valence-corrected chi connectivity index (χ1v) is 7.69. The van der Waals surface area contributed by atoms with Crippen LogP contribution in [0.3, 0.4) is 0 Å². The molecule has 0 atom stereocenters. The lowest BCUT2D eigenvalue weighted by atomic mass is 10.0. The highest BCUT2D eigenvalue weighted by atomic mass is 16.5. The normalized spacial score (nSPS) is 10.5. The Bertz CT molecular complexity index is 593. The largest absolute Gasteiger partial charge is 0.483 e. The highest BCUT2D eigenvalue weighted by Gasteiger charge is 2.08. The van der Waals surface area contributed by atoms with Crippen LogP contribution in [0.1, 0.15) is 30.9 Å². The van der Waals surface area contributed by atoms with Crippen molar-refractivity contribution in [2.24, 2.45) is 0 Å². The Balaban J connectivity index is 1.76. The molecule has 0 radical (unpaired) electrons. The molecule has 0 unspecified atom stereocenters. The molecule has 0 spiro atoms. The van der Waals surface area contributed by atoms with Crippen molar-refractivity contribution >= 4 is 5.91 Å². The van der Waals surface area contributed by atoms with Crippen molar-refractivity contribution in [2.75, 3.05) is 13.2 Å². The van der Waals surface area contributed by atoms with E-state index in [0.717, 1.165) is 17.7 Å². The third kappa shape index (κ3) is 4.92. The van der Waals surface area contributed by atoms with Crippen molar-refractivity contribution in [1.29, 1.82) is 0 Å². The topological polar surface area (TPSA) is 38.3 Å². The first-order valence-electron chi connectivity index (χ1n) is 7.69. The van der Waals surface area contributed by atoms with E-state index in [0.29, 0.717) is 12.5 Å². The SMILES string of the molecule is CC(C)c1ccccc1OCC(=O)NCCc1ccccc1. The van der Waals surface area contributed by atoms with Gasteiger partial charge in [-0.25, -0.2) is 0 Å². The molecule has 2 rings (SSSR count). The summed E-state index contributed by atoms with van der Waals surface area (Å²) in [5.41, 5.74) is 2.34. The van der Waals surface area contributed by atoms with Crippen LogP contribution in [0.15, 0.2) is 54.6 Å². The fraction of sp³-hybridized carbons (Fsp3) is 0.316. The Morgan fingerprint density at radius 3 is 2.45 bits per heavy atom. The maximum atomic E-state index is 11.9. The van der Waals surface area contributed by atoms with Gasteiger partial charge >= 0.3 is 0 Å². The summed E-state index contributed by atoms with van der Waals surface area (Å²) in [6.07, 6.45) is 0.829. The summed E-state index contributed by atoms with van der Waals surface area (Å²) in [6, 6.07) is 18.0. The van der Waals surface area contributed by atoms with Gasteiger partial charge in [0, 0.05) is 6.54 Å². The Hall–Kier alpha value is -2.29. The zero-order chi connectivity index (χ0) is 15.8. The van der Waals surface area contributed by atoms with Crippen LogP contribution >= 0.6 is 0 Å². The third-order valence-electron chi connectivity index (χ3n) is 3.48. The van der Waals surface area contributed by atoms with Crippen LogP contribution in [0, 0.1) is 0 Å². The Labute approximate surface area is 132 Å². The van der Waals surface area contributed by atoms with Gasteiger partial charge in [-0.1, -0.05) is 62.4 Å².